The fourth-order valence-corrected chi connectivity index (χ4v) is 3.60. The lowest BCUT2D eigenvalue weighted by Gasteiger charge is -2.21. The van der Waals surface area contributed by atoms with E-state index < -0.39 is 36.4 Å². The number of aromatic nitrogens is 4. The van der Waals surface area contributed by atoms with Gasteiger partial charge in [-0.3, -0.25) is 9.36 Å². The summed E-state index contributed by atoms with van der Waals surface area (Å²) in [5.74, 6) is -1.19. The molecule has 1 fully saturated rings. The van der Waals surface area contributed by atoms with Crippen LogP contribution in [-0.4, -0.2) is 56.3 Å². The number of esters is 2. The van der Waals surface area contributed by atoms with Gasteiger partial charge >= 0.3 is 11.9 Å². The maximum Gasteiger partial charge on any atom is 0.338 e. The minimum absolute atomic E-state index is 0.135. The molecule has 1 saturated heterocycles. The average molecular weight is 458 g/mol. The number of benzene rings is 1. The number of fused-ring (bicyclic) bond motifs is 1. The van der Waals surface area contributed by atoms with Gasteiger partial charge in [0.15, 0.2) is 23.1 Å². The van der Waals surface area contributed by atoms with Crippen molar-refractivity contribution in [3.05, 3.63) is 64.1 Å². The van der Waals surface area contributed by atoms with Crippen LogP contribution >= 0.6 is 11.6 Å². The summed E-state index contributed by atoms with van der Waals surface area (Å²) < 4.78 is 18.3. The number of nitrogens with zero attached hydrogens (tertiary/aromatic N) is 7. The summed E-state index contributed by atoms with van der Waals surface area (Å²) >= 11 is 6.07. The standard InChI is InChI=1S/C19H16ClN7O5/c1-10(28)31-15-13(25-26-21)12(7-30-19(29)11-5-3-2-4-6-11)32-18(15)27-9-24-14-16(20)22-8-23-17(14)27/h2-6,8-9,12-13,15,18H,7H2,1H3/t12-,13-,15-,18-/m1/s1. The zero-order valence-corrected chi connectivity index (χ0v) is 17.4. The SMILES string of the molecule is CC(=O)O[C@@H]1[C@H](N=[N+]=[N-])[C@@H](COC(=O)c2ccccc2)O[C@H]1n1cnc2c(Cl)ncnc21. The molecule has 0 bridgehead atoms. The number of hydrogen-bond acceptors (Lipinski definition) is 9. The molecule has 0 unspecified atom stereocenters. The zero-order valence-electron chi connectivity index (χ0n) is 16.6. The van der Waals surface area contributed by atoms with E-state index in [0.29, 0.717) is 16.7 Å². The molecule has 1 aromatic carbocycles. The number of hydrogen-bond donors (Lipinski definition) is 0. The number of ether oxygens (including phenoxy) is 3. The number of azide groups is 1. The van der Waals surface area contributed by atoms with Crippen LogP contribution in [0.15, 0.2) is 48.1 Å². The largest absolute Gasteiger partial charge is 0.459 e. The van der Waals surface area contributed by atoms with Crippen LogP contribution in [0.2, 0.25) is 5.15 Å². The van der Waals surface area contributed by atoms with E-state index in [2.05, 4.69) is 25.0 Å². The Bertz CT molecular complexity index is 1200. The predicted octanol–water partition coefficient (Wildman–Crippen LogP) is 2.84. The van der Waals surface area contributed by atoms with Crippen molar-refractivity contribution in [1.82, 2.24) is 19.5 Å². The van der Waals surface area contributed by atoms with Crippen molar-refractivity contribution in [2.24, 2.45) is 5.11 Å². The van der Waals surface area contributed by atoms with Gasteiger partial charge in [-0.2, -0.15) is 0 Å². The fourth-order valence-electron chi connectivity index (χ4n) is 3.42. The summed E-state index contributed by atoms with van der Waals surface area (Å²) in [4.78, 5) is 39.2. The van der Waals surface area contributed by atoms with Gasteiger partial charge in [-0.1, -0.05) is 34.9 Å². The molecule has 4 rings (SSSR count). The first kappa shape index (κ1) is 21.5. The molecule has 3 aromatic rings. The van der Waals surface area contributed by atoms with Gasteiger partial charge in [-0.05, 0) is 17.7 Å². The molecular weight excluding hydrogens is 442 g/mol. The molecule has 3 heterocycles. The number of carbonyl (C=O) groups excluding carboxylic acids is 2. The van der Waals surface area contributed by atoms with Crippen molar-refractivity contribution in [1.29, 1.82) is 0 Å². The first-order valence-corrected chi connectivity index (χ1v) is 9.79. The van der Waals surface area contributed by atoms with E-state index in [1.807, 2.05) is 0 Å². The Kier molecular flexibility index (Phi) is 6.17. The number of carbonyl (C=O) groups is 2. The van der Waals surface area contributed by atoms with Crippen LogP contribution in [0.25, 0.3) is 21.6 Å². The van der Waals surface area contributed by atoms with Crippen LogP contribution in [0.1, 0.15) is 23.5 Å². The summed E-state index contributed by atoms with van der Waals surface area (Å²) in [7, 11) is 0. The molecule has 1 aliphatic rings. The third-order valence-corrected chi connectivity index (χ3v) is 5.05. The highest BCUT2D eigenvalue weighted by molar-refractivity contribution is 6.33. The first-order valence-electron chi connectivity index (χ1n) is 9.41. The maximum atomic E-state index is 12.3. The highest BCUT2D eigenvalue weighted by atomic mass is 35.5. The van der Waals surface area contributed by atoms with E-state index in [1.165, 1.54) is 24.1 Å². The van der Waals surface area contributed by atoms with Crippen LogP contribution in [0.5, 0.6) is 0 Å². The van der Waals surface area contributed by atoms with Gasteiger partial charge in [0.2, 0.25) is 0 Å². The summed E-state index contributed by atoms with van der Waals surface area (Å²) in [5, 5.41) is 3.88. The van der Waals surface area contributed by atoms with Crippen LogP contribution in [0, 0.1) is 0 Å². The van der Waals surface area contributed by atoms with Gasteiger partial charge in [0.25, 0.3) is 0 Å². The van der Waals surface area contributed by atoms with Gasteiger partial charge in [0.1, 0.15) is 30.6 Å². The van der Waals surface area contributed by atoms with Gasteiger partial charge in [0.05, 0.1) is 11.9 Å². The molecule has 1 aliphatic heterocycles. The van der Waals surface area contributed by atoms with E-state index in [4.69, 9.17) is 31.3 Å². The lowest BCUT2D eigenvalue weighted by atomic mass is 10.1. The maximum absolute atomic E-state index is 12.3. The number of halogens is 1. The monoisotopic (exact) mass is 457 g/mol. The van der Waals surface area contributed by atoms with Crippen molar-refractivity contribution < 1.29 is 23.8 Å². The lowest BCUT2D eigenvalue weighted by Crippen LogP contribution is -2.36. The Hall–Kier alpha value is -3.73. The molecule has 0 amide bonds. The van der Waals surface area contributed by atoms with E-state index in [1.54, 1.807) is 30.3 Å². The highest BCUT2D eigenvalue weighted by Crippen LogP contribution is 2.36. The second-order valence-electron chi connectivity index (χ2n) is 6.79. The predicted molar refractivity (Wildman–Crippen MR) is 109 cm³/mol. The number of rotatable bonds is 6. The topological polar surface area (TPSA) is 154 Å². The zero-order chi connectivity index (χ0) is 22.7. The molecule has 32 heavy (non-hydrogen) atoms. The van der Waals surface area contributed by atoms with Crippen LogP contribution < -0.4 is 0 Å². The normalized spacial score (nSPS) is 22.3. The second-order valence-corrected chi connectivity index (χ2v) is 7.15. The second kappa shape index (κ2) is 9.18. The molecule has 13 heteroatoms. The van der Waals surface area contributed by atoms with Crippen molar-refractivity contribution >= 4 is 34.7 Å². The molecule has 164 valence electrons. The van der Waals surface area contributed by atoms with Gasteiger partial charge in [-0.25, -0.2) is 19.7 Å². The van der Waals surface area contributed by atoms with E-state index in [9.17, 15) is 9.59 Å². The molecule has 0 saturated carbocycles. The van der Waals surface area contributed by atoms with Crippen molar-refractivity contribution in [3.8, 4) is 0 Å². The van der Waals surface area contributed by atoms with Crippen molar-refractivity contribution in [2.45, 2.75) is 31.4 Å². The average Bonchev–Trinajstić information content (AvgIpc) is 3.35. The third-order valence-electron chi connectivity index (χ3n) is 4.78. The molecule has 0 spiro atoms. The summed E-state index contributed by atoms with van der Waals surface area (Å²) in [6.07, 6.45) is -0.246. The van der Waals surface area contributed by atoms with Gasteiger partial charge in [-0.15, -0.1) is 0 Å². The Labute approximate surface area is 185 Å². The Morgan fingerprint density at radius 3 is 2.78 bits per heavy atom. The van der Waals surface area contributed by atoms with Crippen LogP contribution in [0.4, 0.5) is 0 Å². The summed E-state index contributed by atoms with van der Waals surface area (Å²) in [6.45, 7) is 0.978. The molecule has 12 nitrogen and oxygen atoms in total. The molecule has 0 aliphatic carbocycles. The van der Waals surface area contributed by atoms with Gasteiger partial charge in [0, 0.05) is 11.8 Å². The quantitative estimate of drug-likeness (QED) is 0.180. The fraction of sp³-hybridized carbons (Fsp3) is 0.316. The molecule has 0 radical (unpaired) electrons. The van der Waals surface area contributed by atoms with E-state index >= 15 is 0 Å². The highest BCUT2D eigenvalue weighted by Gasteiger charge is 2.48. The smallest absolute Gasteiger partial charge is 0.338 e. The van der Waals surface area contributed by atoms with Crippen LogP contribution in [-0.2, 0) is 19.0 Å². The third kappa shape index (κ3) is 4.19. The van der Waals surface area contributed by atoms with Crippen molar-refractivity contribution in [3.63, 3.8) is 0 Å². The number of imidazole rings is 1. The molecule has 0 N–H and O–H groups in total. The molecule has 4 atom stereocenters. The van der Waals surface area contributed by atoms with E-state index in [0.717, 1.165) is 0 Å². The molecular formula is C19H16ClN7O5. The minimum Gasteiger partial charge on any atom is -0.459 e. The van der Waals surface area contributed by atoms with Gasteiger partial charge < -0.3 is 14.2 Å². The Morgan fingerprint density at radius 2 is 2.06 bits per heavy atom. The van der Waals surface area contributed by atoms with E-state index in [-0.39, 0.29) is 11.8 Å². The summed E-state index contributed by atoms with van der Waals surface area (Å²) in [6, 6.07) is 7.41. The lowest BCUT2D eigenvalue weighted by molar-refractivity contribution is -0.152. The minimum atomic E-state index is -1.03. The Morgan fingerprint density at radius 1 is 1.28 bits per heavy atom. The Balaban J connectivity index is 1.64. The van der Waals surface area contributed by atoms with Crippen molar-refractivity contribution in [2.75, 3.05) is 6.61 Å². The van der Waals surface area contributed by atoms with Crippen LogP contribution in [0.3, 0.4) is 0 Å². The first-order chi connectivity index (χ1) is 15.5. The summed E-state index contributed by atoms with van der Waals surface area (Å²) in [5.41, 5.74) is 10.1. The molecule has 2 aromatic heterocycles.